The minimum absolute atomic E-state index is 0.0554. The molecule has 0 aliphatic carbocycles. The lowest BCUT2D eigenvalue weighted by atomic mass is 9.96. The van der Waals surface area contributed by atoms with Crippen molar-refractivity contribution in [3.05, 3.63) is 16.9 Å². The SMILES string of the molecule is CCCn1ncc(Cl)c1C(N)C1OCCC1C. The van der Waals surface area contributed by atoms with Gasteiger partial charge in [0, 0.05) is 13.2 Å². The normalized spacial score (nSPS) is 26.4. The number of aromatic nitrogens is 2. The first-order valence-corrected chi connectivity index (χ1v) is 6.61. The van der Waals surface area contributed by atoms with Crippen molar-refractivity contribution in [2.24, 2.45) is 11.7 Å². The van der Waals surface area contributed by atoms with Crippen LogP contribution in [0, 0.1) is 5.92 Å². The van der Waals surface area contributed by atoms with Crippen LogP contribution >= 0.6 is 11.6 Å². The number of hydrogen-bond acceptors (Lipinski definition) is 3. The standard InChI is InChI=1S/C12H20ClN3O/c1-3-5-16-11(9(13)7-15-16)10(14)12-8(2)4-6-17-12/h7-8,10,12H,3-6,14H2,1-2H3. The first kappa shape index (κ1) is 12.9. The molecule has 0 amide bonds. The first-order chi connectivity index (χ1) is 8.15. The predicted molar refractivity (Wildman–Crippen MR) is 68.0 cm³/mol. The molecule has 1 saturated heterocycles. The Bertz CT molecular complexity index is 380. The van der Waals surface area contributed by atoms with Crippen LogP contribution < -0.4 is 5.73 Å². The molecule has 2 heterocycles. The fourth-order valence-electron chi connectivity index (χ4n) is 2.43. The van der Waals surface area contributed by atoms with Gasteiger partial charge in [-0.15, -0.1) is 0 Å². The largest absolute Gasteiger partial charge is 0.376 e. The molecule has 5 heteroatoms. The Morgan fingerprint density at radius 3 is 3.06 bits per heavy atom. The number of aryl methyl sites for hydroxylation is 1. The molecule has 3 atom stereocenters. The number of halogens is 1. The van der Waals surface area contributed by atoms with Gasteiger partial charge in [-0.3, -0.25) is 4.68 Å². The molecule has 2 rings (SSSR count). The molecule has 17 heavy (non-hydrogen) atoms. The van der Waals surface area contributed by atoms with Gasteiger partial charge in [-0.25, -0.2) is 0 Å². The second-order valence-electron chi connectivity index (χ2n) is 4.73. The van der Waals surface area contributed by atoms with E-state index in [-0.39, 0.29) is 12.1 Å². The number of ether oxygens (including phenoxy) is 1. The average molecular weight is 258 g/mol. The van der Waals surface area contributed by atoms with Crippen LogP contribution in [-0.2, 0) is 11.3 Å². The third-order valence-electron chi connectivity index (χ3n) is 3.38. The Kier molecular flexibility index (Phi) is 4.07. The molecular formula is C12H20ClN3O. The summed E-state index contributed by atoms with van der Waals surface area (Å²) >= 11 is 6.18. The van der Waals surface area contributed by atoms with E-state index in [0.717, 1.165) is 31.7 Å². The van der Waals surface area contributed by atoms with E-state index in [1.54, 1.807) is 6.20 Å². The van der Waals surface area contributed by atoms with Crippen molar-refractivity contribution in [1.82, 2.24) is 9.78 Å². The lowest BCUT2D eigenvalue weighted by Gasteiger charge is -2.23. The smallest absolute Gasteiger partial charge is 0.0835 e. The van der Waals surface area contributed by atoms with Gasteiger partial charge in [0.1, 0.15) is 0 Å². The van der Waals surface area contributed by atoms with Crippen LogP contribution in [0.2, 0.25) is 5.02 Å². The molecule has 3 unspecified atom stereocenters. The van der Waals surface area contributed by atoms with Crippen LogP contribution in [0.25, 0.3) is 0 Å². The number of nitrogens with zero attached hydrogens (tertiary/aromatic N) is 2. The van der Waals surface area contributed by atoms with E-state index < -0.39 is 0 Å². The summed E-state index contributed by atoms with van der Waals surface area (Å²) in [6, 6.07) is -0.186. The summed E-state index contributed by atoms with van der Waals surface area (Å²) in [7, 11) is 0. The number of hydrogen-bond donors (Lipinski definition) is 1. The van der Waals surface area contributed by atoms with Gasteiger partial charge < -0.3 is 10.5 Å². The van der Waals surface area contributed by atoms with E-state index in [2.05, 4.69) is 18.9 Å². The van der Waals surface area contributed by atoms with Gasteiger partial charge in [-0.1, -0.05) is 25.4 Å². The van der Waals surface area contributed by atoms with Crippen LogP contribution in [0.3, 0.4) is 0 Å². The summed E-state index contributed by atoms with van der Waals surface area (Å²) < 4.78 is 7.62. The van der Waals surface area contributed by atoms with Gasteiger partial charge in [-0.2, -0.15) is 5.10 Å². The van der Waals surface area contributed by atoms with Crippen LogP contribution in [0.4, 0.5) is 0 Å². The molecule has 96 valence electrons. The highest BCUT2D eigenvalue weighted by molar-refractivity contribution is 6.31. The van der Waals surface area contributed by atoms with Gasteiger partial charge in [-0.05, 0) is 18.8 Å². The topological polar surface area (TPSA) is 53.1 Å². The molecule has 2 N–H and O–H groups in total. The van der Waals surface area contributed by atoms with E-state index in [1.807, 2.05) is 4.68 Å². The molecule has 1 aromatic rings. The molecular weight excluding hydrogens is 238 g/mol. The second-order valence-corrected chi connectivity index (χ2v) is 5.14. The van der Waals surface area contributed by atoms with Crippen molar-refractivity contribution < 1.29 is 4.74 Å². The Morgan fingerprint density at radius 1 is 1.71 bits per heavy atom. The van der Waals surface area contributed by atoms with Crippen molar-refractivity contribution in [1.29, 1.82) is 0 Å². The van der Waals surface area contributed by atoms with Crippen molar-refractivity contribution in [3.63, 3.8) is 0 Å². The van der Waals surface area contributed by atoms with Crippen LogP contribution in [0.15, 0.2) is 6.20 Å². The summed E-state index contributed by atoms with van der Waals surface area (Å²) in [4.78, 5) is 0. The van der Waals surface area contributed by atoms with Gasteiger partial charge in [0.2, 0.25) is 0 Å². The van der Waals surface area contributed by atoms with E-state index in [4.69, 9.17) is 22.1 Å². The predicted octanol–water partition coefficient (Wildman–Crippen LogP) is 2.37. The highest BCUT2D eigenvalue weighted by Crippen LogP contribution is 2.32. The van der Waals surface area contributed by atoms with E-state index in [0.29, 0.717) is 10.9 Å². The van der Waals surface area contributed by atoms with Crippen molar-refractivity contribution in [3.8, 4) is 0 Å². The van der Waals surface area contributed by atoms with Crippen LogP contribution in [0.5, 0.6) is 0 Å². The summed E-state index contributed by atoms with van der Waals surface area (Å²) in [5.41, 5.74) is 7.21. The fraction of sp³-hybridized carbons (Fsp3) is 0.750. The Balaban J connectivity index is 2.22. The molecule has 0 bridgehead atoms. The fourth-order valence-corrected chi connectivity index (χ4v) is 2.69. The zero-order chi connectivity index (χ0) is 12.4. The lowest BCUT2D eigenvalue weighted by molar-refractivity contribution is 0.0700. The third-order valence-corrected chi connectivity index (χ3v) is 3.67. The second kappa shape index (κ2) is 5.38. The highest BCUT2D eigenvalue weighted by atomic mass is 35.5. The van der Waals surface area contributed by atoms with Crippen molar-refractivity contribution >= 4 is 11.6 Å². The highest BCUT2D eigenvalue weighted by Gasteiger charge is 2.33. The summed E-state index contributed by atoms with van der Waals surface area (Å²) in [6.45, 7) is 5.92. The molecule has 1 fully saturated rings. The van der Waals surface area contributed by atoms with Crippen LogP contribution in [-0.4, -0.2) is 22.5 Å². The Hall–Kier alpha value is -0.580. The first-order valence-electron chi connectivity index (χ1n) is 6.23. The zero-order valence-corrected chi connectivity index (χ0v) is 11.2. The Labute approximate surface area is 107 Å². The average Bonchev–Trinajstić information content (AvgIpc) is 2.86. The maximum Gasteiger partial charge on any atom is 0.0835 e. The molecule has 0 saturated carbocycles. The van der Waals surface area contributed by atoms with Crippen LogP contribution in [0.1, 0.15) is 38.4 Å². The molecule has 0 spiro atoms. The molecule has 1 aliphatic rings. The maximum atomic E-state index is 6.30. The minimum Gasteiger partial charge on any atom is -0.376 e. The number of nitrogens with two attached hydrogens (primary N) is 1. The van der Waals surface area contributed by atoms with Crippen molar-refractivity contribution in [2.75, 3.05) is 6.61 Å². The monoisotopic (exact) mass is 257 g/mol. The van der Waals surface area contributed by atoms with Gasteiger partial charge in [0.25, 0.3) is 0 Å². The molecule has 0 aromatic carbocycles. The Morgan fingerprint density at radius 2 is 2.47 bits per heavy atom. The molecule has 4 nitrogen and oxygen atoms in total. The van der Waals surface area contributed by atoms with E-state index in [9.17, 15) is 0 Å². The van der Waals surface area contributed by atoms with Gasteiger partial charge >= 0.3 is 0 Å². The van der Waals surface area contributed by atoms with E-state index >= 15 is 0 Å². The zero-order valence-electron chi connectivity index (χ0n) is 10.4. The third kappa shape index (κ3) is 2.49. The van der Waals surface area contributed by atoms with Gasteiger partial charge in [0.15, 0.2) is 0 Å². The molecule has 1 aliphatic heterocycles. The van der Waals surface area contributed by atoms with Crippen molar-refractivity contribution in [2.45, 2.75) is 45.4 Å². The minimum atomic E-state index is -0.186. The summed E-state index contributed by atoms with van der Waals surface area (Å²) in [5, 5.41) is 4.92. The molecule has 1 aromatic heterocycles. The van der Waals surface area contributed by atoms with Gasteiger partial charge in [0.05, 0.1) is 29.1 Å². The lowest BCUT2D eigenvalue weighted by Crippen LogP contribution is -2.32. The van der Waals surface area contributed by atoms with E-state index in [1.165, 1.54) is 0 Å². The summed E-state index contributed by atoms with van der Waals surface area (Å²) in [6.07, 6.45) is 3.81. The molecule has 0 radical (unpaired) electrons. The quantitative estimate of drug-likeness (QED) is 0.901. The number of rotatable bonds is 4. The summed E-state index contributed by atoms with van der Waals surface area (Å²) in [5.74, 6) is 0.478. The maximum absolute atomic E-state index is 6.30.